The molecule has 5 N–H and O–H groups in total. The SMILES string of the molecule is CN(C)CCNCc1ccc(O)c(O)c1.O=C(O)C(=O)O. The van der Waals surface area contributed by atoms with Crippen molar-refractivity contribution in [1.82, 2.24) is 10.2 Å². The molecule has 0 spiro atoms. The molecule has 0 unspecified atom stereocenters. The number of aliphatic carboxylic acids is 2. The Morgan fingerprint density at radius 3 is 2.10 bits per heavy atom. The highest BCUT2D eigenvalue weighted by molar-refractivity contribution is 6.27. The third kappa shape index (κ3) is 9.25. The molecule has 0 heterocycles. The van der Waals surface area contributed by atoms with Gasteiger partial charge in [-0.05, 0) is 31.8 Å². The maximum atomic E-state index is 9.26. The third-order valence-electron chi connectivity index (χ3n) is 2.29. The molecule has 8 heteroatoms. The lowest BCUT2D eigenvalue weighted by molar-refractivity contribution is -0.159. The summed E-state index contributed by atoms with van der Waals surface area (Å²) in [6.45, 7) is 2.57. The molecule has 0 aliphatic carbocycles. The van der Waals surface area contributed by atoms with Gasteiger partial charge in [-0.25, -0.2) is 9.59 Å². The number of phenolic OH excluding ortho intramolecular Hbond substituents is 2. The van der Waals surface area contributed by atoms with E-state index in [0.29, 0.717) is 6.54 Å². The molecule has 0 fully saturated rings. The Hall–Kier alpha value is -2.32. The Balaban J connectivity index is 0.000000567. The van der Waals surface area contributed by atoms with Crippen molar-refractivity contribution < 1.29 is 30.0 Å². The van der Waals surface area contributed by atoms with Crippen LogP contribution in [0.15, 0.2) is 18.2 Å². The van der Waals surface area contributed by atoms with E-state index in [2.05, 4.69) is 10.2 Å². The van der Waals surface area contributed by atoms with Crippen LogP contribution in [0.1, 0.15) is 5.56 Å². The summed E-state index contributed by atoms with van der Waals surface area (Å²) < 4.78 is 0. The van der Waals surface area contributed by atoms with Gasteiger partial charge in [0, 0.05) is 19.6 Å². The molecule has 118 valence electrons. The van der Waals surface area contributed by atoms with E-state index in [1.165, 1.54) is 6.07 Å². The summed E-state index contributed by atoms with van der Waals surface area (Å²) in [5, 5.41) is 36.4. The summed E-state index contributed by atoms with van der Waals surface area (Å²) >= 11 is 0. The zero-order chi connectivity index (χ0) is 16.4. The minimum absolute atomic E-state index is 0.0677. The van der Waals surface area contributed by atoms with Crippen molar-refractivity contribution in [2.75, 3.05) is 27.2 Å². The van der Waals surface area contributed by atoms with Crippen LogP contribution >= 0.6 is 0 Å². The van der Waals surface area contributed by atoms with Gasteiger partial charge in [0.2, 0.25) is 0 Å². The number of nitrogens with zero attached hydrogens (tertiary/aromatic N) is 1. The maximum Gasteiger partial charge on any atom is 0.414 e. The molecular weight excluding hydrogens is 280 g/mol. The van der Waals surface area contributed by atoms with Crippen LogP contribution in [0.5, 0.6) is 11.5 Å². The summed E-state index contributed by atoms with van der Waals surface area (Å²) in [6, 6.07) is 4.86. The van der Waals surface area contributed by atoms with E-state index in [1.807, 2.05) is 14.1 Å². The van der Waals surface area contributed by atoms with Gasteiger partial charge in [0.25, 0.3) is 0 Å². The Morgan fingerprint density at radius 1 is 1.10 bits per heavy atom. The summed E-state index contributed by atoms with van der Waals surface area (Å²) in [7, 11) is 4.04. The number of phenols is 2. The second-order valence-electron chi connectivity index (χ2n) is 4.41. The molecule has 8 nitrogen and oxygen atoms in total. The van der Waals surface area contributed by atoms with Gasteiger partial charge in [-0.2, -0.15) is 0 Å². The molecule has 0 aromatic heterocycles. The Labute approximate surface area is 122 Å². The van der Waals surface area contributed by atoms with E-state index in [4.69, 9.17) is 24.9 Å². The van der Waals surface area contributed by atoms with Crippen LogP contribution in [0.3, 0.4) is 0 Å². The molecule has 1 aromatic rings. The molecule has 0 aliphatic heterocycles. The van der Waals surface area contributed by atoms with E-state index >= 15 is 0 Å². The average Bonchev–Trinajstić information content (AvgIpc) is 2.39. The molecule has 21 heavy (non-hydrogen) atoms. The lowest BCUT2D eigenvalue weighted by Gasteiger charge is -2.10. The molecule has 0 saturated carbocycles. The molecule has 1 aromatic carbocycles. The molecule has 0 atom stereocenters. The first-order chi connectivity index (χ1) is 9.73. The fourth-order valence-electron chi connectivity index (χ4n) is 1.21. The fourth-order valence-corrected chi connectivity index (χ4v) is 1.21. The zero-order valence-electron chi connectivity index (χ0n) is 11.9. The van der Waals surface area contributed by atoms with Crippen molar-refractivity contribution in [2.45, 2.75) is 6.54 Å². The predicted octanol–water partition coefficient (Wildman–Crippen LogP) is -0.0954. The van der Waals surface area contributed by atoms with Crippen LogP contribution in [-0.4, -0.2) is 64.4 Å². The summed E-state index contributed by atoms with van der Waals surface area (Å²) in [5.41, 5.74) is 0.962. The smallest absolute Gasteiger partial charge is 0.414 e. The summed E-state index contributed by atoms with van der Waals surface area (Å²) in [6.07, 6.45) is 0. The van der Waals surface area contributed by atoms with Gasteiger partial charge in [-0.1, -0.05) is 6.07 Å². The van der Waals surface area contributed by atoms with Gasteiger partial charge in [-0.3, -0.25) is 0 Å². The fraction of sp³-hybridized carbons (Fsp3) is 0.385. The van der Waals surface area contributed by atoms with Crippen LogP contribution in [0, 0.1) is 0 Å². The normalized spacial score (nSPS) is 9.86. The first-order valence-electron chi connectivity index (χ1n) is 6.06. The van der Waals surface area contributed by atoms with E-state index in [9.17, 15) is 5.11 Å². The highest BCUT2D eigenvalue weighted by Crippen LogP contribution is 2.24. The zero-order valence-corrected chi connectivity index (χ0v) is 11.9. The number of aromatic hydroxyl groups is 2. The third-order valence-corrected chi connectivity index (χ3v) is 2.29. The van der Waals surface area contributed by atoms with E-state index in [0.717, 1.165) is 18.7 Å². The van der Waals surface area contributed by atoms with Crippen molar-refractivity contribution in [3.05, 3.63) is 23.8 Å². The molecule has 0 aliphatic rings. The van der Waals surface area contributed by atoms with Crippen molar-refractivity contribution >= 4 is 11.9 Å². The van der Waals surface area contributed by atoms with Crippen LogP contribution in [0.25, 0.3) is 0 Å². The lowest BCUT2D eigenvalue weighted by Crippen LogP contribution is -2.26. The van der Waals surface area contributed by atoms with Gasteiger partial charge >= 0.3 is 11.9 Å². The molecular formula is C13H20N2O6. The number of hydrogen-bond donors (Lipinski definition) is 5. The number of rotatable bonds is 5. The van der Waals surface area contributed by atoms with Crippen molar-refractivity contribution in [3.8, 4) is 11.5 Å². The number of nitrogens with one attached hydrogen (secondary N) is 1. The monoisotopic (exact) mass is 300 g/mol. The molecule has 0 radical (unpaired) electrons. The molecule has 1 rings (SSSR count). The Morgan fingerprint density at radius 2 is 1.67 bits per heavy atom. The van der Waals surface area contributed by atoms with Crippen LogP contribution < -0.4 is 5.32 Å². The minimum atomic E-state index is -1.82. The van der Waals surface area contributed by atoms with Crippen LogP contribution in [0.2, 0.25) is 0 Å². The van der Waals surface area contributed by atoms with E-state index in [1.54, 1.807) is 12.1 Å². The maximum absolute atomic E-state index is 9.26. The number of hydrogen-bond acceptors (Lipinski definition) is 6. The standard InChI is InChI=1S/C11H18N2O2.C2H2O4/c1-13(2)6-5-12-8-9-3-4-10(14)11(15)7-9;3-1(4)2(5)6/h3-4,7,12,14-15H,5-6,8H2,1-2H3;(H,3,4)(H,5,6). The molecule has 0 amide bonds. The summed E-state index contributed by atoms with van der Waals surface area (Å²) in [4.78, 5) is 20.3. The highest BCUT2D eigenvalue weighted by Gasteiger charge is 2.04. The predicted molar refractivity (Wildman–Crippen MR) is 75.3 cm³/mol. The first kappa shape index (κ1) is 18.7. The van der Waals surface area contributed by atoms with E-state index in [-0.39, 0.29) is 11.5 Å². The summed E-state index contributed by atoms with van der Waals surface area (Å²) in [5.74, 6) is -3.79. The largest absolute Gasteiger partial charge is 0.504 e. The van der Waals surface area contributed by atoms with Gasteiger partial charge in [0.05, 0.1) is 0 Å². The number of benzene rings is 1. The quantitative estimate of drug-likeness (QED) is 0.289. The van der Waals surface area contributed by atoms with Gasteiger partial charge in [0.15, 0.2) is 11.5 Å². The van der Waals surface area contributed by atoms with Crippen molar-refractivity contribution in [2.24, 2.45) is 0 Å². The Kier molecular flexibility index (Phi) is 8.51. The number of carboxylic acids is 2. The number of carbonyl (C=O) groups is 2. The van der Waals surface area contributed by atoms with Crippen molar-refractivity contribution in [3.63, 3.8) is 0 Å². The first-order valence-corrected chi connectivity index (χ1v) is 6.06. The van der Waals surface area contributed by atoms with Gasteiger partial charge < -0.3 is 30.6 Å². The second-order valence-corrected chi connectivity index (χ2v) is 4.41. The number of likely N-dealkylation sites (N-methyl/N-ethyl adjacent to an activating group) is 1. The lowest BCUT2D eigenvalue weighted by atomic mass is 10.2. The van der Waals surface area contributed by atoms with E-state index < -0.39 is 11.9 Å². The topological polar surface area (TPSA) is 130 Å². The minimum Gasteiger partial charge on any atom is -0.504 e. The van der Waals surface area contributed by atoms with Crippen LogP contribution in [-0.2, 0) is 16.1 Å². The second kappa shape index (κ2) is 9.56. The molecule has 0 saturated heterocycles. The average molecular weight is 300 g/mol. The molecule has 0 bridgehead atoms. The van der Waals surface area contributed by atoms with Gasteiger partial charge in [0.1, 0.15) is 0 Å². The number of carboxylic acid groups (broad SMARTS) is 2. The Bertz CT molecular complexity index is 464. The van der Waals surface area contributed by atoms with Crippen molar-refractivity contribution in [1.29, 1.82) is 0 Å². The highest BCUT2D eigenvalue weighted by atomic mass is 16.4. The van der Waals surface area contributed by atoms with Crippen LogP contribution in [0.4, 0.5) is 0 Å². The van der Waals surface area contributed by atoms with Gasteiger partial charge in [-0.15, -0.1) is 0 Å².